The lowest BCUT2D eigenvalue weighted by Gasteiger charge is -1.97. The second-order valence-corrected chi connectivity index (χ2v) is 2.30. The topological polar surface area (TPSA) is 76.2 Å². The van der Waals surface area contributed by atoms with Gasteiger partial charge in [0.25, 0.3) is 0 Å². The third-order valence-electron chi connectivity index (χ3n) is 1.10. The van der Waals surface area contributed by atoms with Crippen molar-refractivity contribution >= 4 is 35.7 Å². The molecule has 0 aromatic carbocycles. The van der Waals surface area contributed by atoms with E-state index < -0.39 is 5.97 Å². The Morgan fingerprint density at radius 2 is 2.25 bits per heavy atom. The molecule has 0 aliphatic heterocycles. The Morgan fingerprint density at radius 3 is 2.67 bits per heavy atom. The molecule has 0 saturated heterocycles. The van der Waals surface area contributed by atoms with Crippen LogP contribution in [-0.2, 0) is 0 Å². The van der Waals surface area contributed by atoms with E-state index in [1.165, 1.54) is 12.3 Å². The van der Waals surface area contributed by atoms with E-state index in [1.807, 2.05) is 0 Å². The van der Waals surface area contributed by atoms with Crippen LogP contribution in [0.3, 0.4) is 0 Å². The molecule has 0 aliphatic carbocycles. The summed E-state index contributed by atoms with van der Waals surface area (Å²) in [6, 6.07) is 1.21. The van der Waals surface area contributed by atoms with Crippen LogP contribution in [0, 0.1) is 0 Å². The standard InChI is InChI=1S/C6H5ClN2O2.ClH/c7-3-2-9-5(6(10)11)1-4(3)8;/h1-2H,(H2,8,9)(H,10,11);1H. The van der Waals surface area contributed by atoms with E-state index in [0.717, 1.165) is 0 Å². The number of anilines is 1. The maximum atomic E-state index is 10.3. The molecule has 3 N–H and O–H groups in total. The summed E-state index contributed by atoms with van der Waals surface area (Å²) in [7, 11) is 0. The molecule has 66 valence electrons. The van der Waals surface area contributed by atoms with Crippen molar-refractivity contribution in [1.29, 1.82) is 0 Å². The van der Waals surface area contributed by atoms with E-state index in [0.29, 0.717) is 0 Å². The lowest BCUT2D eigenvalue weighted by Crippen LogP contribution is -2.01. The molecule has 0 amide bonds. The first-order valence-corrected chi connectivity index (χ1v) is 3.13. The number of carbonyl (C=O) groups is 1. The van der Waals surface area contributed by atoms with E-state index in [9.17, 15) is 4.79 Å². The first-order chi connectivity index (χ1) is 5.11. The van der Waals surface area contributed by atoms with Gasteiger partial charge in [-0.3, -0.25) is 0 Å². The lowest BCUT2D eigenvalue weighted by atomic mass is 10.3. The summed E-state index contributed by atoms with van der Waals surface area (Å²) in [4.78, 5) is 13.8. The van der Waals surface area contributed by atoms with E-state index in [-0.39, 0.29) is 28.8 Å². The van der Waals surface area contributed by atoms with Crippen molar-refractivity contribution in [2.75, 3.05) is 5.73 Å². The first-order valence-electron chi connectivity index (χ1n) is 2.75. The Labute approximate surface area is 79.8 Å². The number of nitrogens with two attached hydrogens (primary N) is 1. The SMILES string of the molecule is Cl.Nc1cc(C(=O)O)ncc1Cl. The Hall–Kier alpha value is -1.00. The summed E-state index contributed by atoms with van der Waals surface area (Å²) >= 11 is 5.50. The number of hydrogen-bond acceptors (Lipinski definition) is 3. The highest BCUT2D eigenvalue weighted by Gasteiger charge is 2.05. The summed E-state index contributed by atoms with van der Waals surface area (Å²) in [6.45, 7) is 0. The smallest absolute Gasteiger partial charge is 0.354 e. The third-order valence-corrected chi connectivity index (χ3v) is 1.42. The monoisotopic (exact) mass is 208 g/mol. The molecular weight excluding hydrogens is 203 g/mol. The predicted molar refractivity (Wildman–Crippen MR) is 47.9 cm³/mol. The summed E-state index contributed by atoms with van der Waals surface area (Å²) in [5.74, 6) is -1.12. The Morgan fingerprint density at radius 1 is 1.67 bits per heavy atom. The minimum absolute atomic E-state index is 0. The van der Waals surface area contributed by atoms with Gasteiger partial charge in [-0.2, -0.15) is 0 Å². The Kier molecular flexibility index (Phi) is 3.79. The summed E-state index contributed by atoms with van der Waals surface area (Å²) in [5.41, 5.74) is 5.44. The normalized spacial score (nSPS) is 8.75. The average Bonchev–Trinajstić information content (AvgIpc) is 1.94. The van der Waals surface area contributed by atoms with Gasteiger partial charge in [-0.15, -0.1) is 12.4 Å². The number of rotatable bonds is 1. The third kappa shape index (κ3) is 2.25. The number of nitrogens with zero attached hydrogens (tertiary/aromatic N) is 1. The predicted octanol–water partition coefficient (Wildman–Crippen LogP) is 1.44. The first kappa shape index (κ1) is 11.0. The average molecular weight is 209 g/mol. The highest BCUT2D eigenvalue weighted by molar-refractivity contribution is 6.33. The lowest BCUT2D eigenvalue weighted by molar-refractivity contribution is 0.0690. The van der Waals surface area contributed by atoms with Gasteiger partial charge in [-0.05, 0) is 6.07 Å². The molecule has 1 rings (SSSR count). The molecule has 1 aromatic heterocycles. The minimum atomic E-state index is -1.12. The fraction of sp³-hybridized carbons (Fsp3) is 0. The Bertz CT molecular complexity index is 304. The molecule has 0 unspecified atom stereocenters. The summed E-state index contributed by atoms with van der Waals surface area (Å²) < 4.78 is 0. The van der Waals surface area contributed by atoms with Gasteiger partial charge in [0, 0.05) is 6.20 Å². The molecule has 0 spiro atoms. The van der Waals surface area contributed by atoms with Crippen molar-refractivity contribution in [3.63, 3.8) is 0 Å². The number of nitrogen functional groups attached to an aromatic ring is 1. The summed E-state index contributed by atoms with van der Waals surface area (Å²) in [6.07, 6.45) is 1.21. The van der Waals surface area contributed by atoms with Crippen LogP contribution in [0.2, 0.25) is 5.02 Å². The van der Waals surface area contributed by atoms with Gasteiger partial charge in [-0.25, -0.2) is 9.78 Å². The van der Waals surface area contributed by atoms with Crippen LogP contribution in [0.4, 0.5) is 5.69 Å². The number of aromatic nitrogens is 1. The number of halogens is 2. The quantitative estimate of drug-likeness (QED) is 0.733. The number of hydrogen-bond donors (Lipinski definition) is 2. The van der Waals surface area contributed by atoms with Crippen molar-refractivity contribution in [1.82, 2.24) is 4.98 Å². The van der Waals surface area contributed by atoms with Crippen LogP contribution in [0.25, 0.3) is 0 Å². The second-order valence-electron chi connectivity index (χ2n) is 1.90. The maximum absolute atomic E-state index is 10.3. The van der Waals surface area contributed by atoms with Gasteiger partial charge < -0.3 is 10.8 Å². The van der Waals surface area contributed by atoms with Crippen LogP contribution in [0.1, 0.15) is 10.5 Å². The number of carboxylic acid groups (broad SMARTS) is 1. The van der Waals surface area contributed by atoms with Crippen LogP contribution < -0.4 is 5.73 Å². The number of pyridine rings is 1. The van der Waals surface area contributed by atoms with E-state index in [4.69, 9.17) is 22.4 Å². The van der Waals surface area contributed by atoms with Crippen LogP contribution in [0.15, 0.2) is 12.3 Å². The number of aromatic carboxylic acids is 1. The summed E-state index contributed by atoms with van der Waals surface area (Å²) in [5, 5.41) is 8.70. The zero-order valence-corrected chi connectivity index (χ0v) is 7.39. The molecule has 0 saturated carbocycles. The molecular formula is C6H6Cl2N2O2. The highest BCUT2D eigenvalue weighted by atomic mass is 35.5. The largest absolute Gasteiger partial charge is 0.477 e. The molecule has 0 bridgehead atoms. The van der Waals surface area contributed by atoms with Crippen molar-refractivity contribution < 1.29 is 9.90 Å². The zero-order valence-electron chi connectivity index (χ0n) is 5.82. The Balaban J connectivity index is 0.00000121. The number of carboxylic acids is 1. The van der Waals surface area contributed by atoms with Crippen LogP contribution in [0.5, 0.6) is 0 Å². The molecule has 4 nitrogen and oxygen atoms in total. The fourth-order valence-corrected chi connectivity index (χ4v) is 0.675. The van der Waals surface area contributed by atoms with Gasteiger partial charge in [0.2, 0.25) is 0 Å². The van der Waals surface area contributed by atoms with Gasteiger partial charge in [0.1, 0.15) is 5.69 Å². The molecule has 0 radical (unpaired) electrons. The van der Waals surface area contributed by atoms with Crippen molar-refractivity contribution in [2.24, 2.45) is 0 Å². The van der Waals surface area contributed by atoms with Gasteiger partial charge >= 0.3 is 5.97 Å². The molecule has 1 heterocycles. The minimum Gasteiger partial charge on any atom is -0.477 e. The van der Waals surface area contributed by atoms with Gasteiger partial charge in [0.05, 0.1) is 10.7 Å². The molecule has 6 heteroatoms. The maximum Gasteiger partial charge on any atom is 0.354 e. The van der Waals surface area contributed by atoms with Crippen molar-refractivity contribution in [3.05, 3.63) is 23.0 Å². The van der Waals surface area contributed by atoms with Crippen LogP contribution >= 0.6 is 24.0 Å². The van der Waals surface area contributed by atoms with E-state index in [1.54, 1.807) is 0 Å². The van der Waals surface area contributed by atoms with Crippen molar-refractivity contribution in [3.8, 4) is 0 Å². The van der Waals surface area contributed by atoms with Crippen molar-refractivity contribution in [2.45, 2.75) is 0 Å². The zero-order chi connectivity index (χ0) is 8.43. The highest BCUT2D eigenvalue weighted by Crippen LogP contribution is 2.16. The molecule has 0 fully saturated rings. The van der Waals surface area contributed by atoms with Gasteiger partial charge in [0.15, 0.2) is 0 Å². The van der Waals surface area contributed by atoms with Crippen LogP contribution in [-0.4, -0.2) is 16.1 Å². The molecule has 1 aromatic rings. The fourth-order valence-electron chi connectivity index (χ4n) is 0.571. The molecule has 12 heavy (non-hydrogen) atoms. The van der Waals surface area contributed by atoms with Gasteiger partial charge in [-0.1, -0.05) is 11.6 Å². The molecule has 0 aliphatic rings. The second kappa shape index (κ2) is 4.13. The van der Waals surface area contributed by atoms with E-state index in [2.05, 4.69) is 4.98 Å². The molecule has 0 atom stereocenters. The van der Waals surface area contributed by atoms with E-state index >= 15 is 0 Å².